The van der Waals surface area contributed by atoms with Gasteiger partial charge >= 0.3 is 6.03 Å². The van der Waals surface area contributed by atoms with Crippen molar-refractivity contribution in [2.24, 2.45) is 0 Å². The number of nitrogens with one attached hydrogen (secondary N) is 2. The third-order valence-corrected chi connectivity index (χ3v) is 6.61. The molecular weight excluding hydrogens is 442 g/mol. The second kappa shape index (κ2) is 9.53. The van der Waals surface area contributed by atoms with Gasteiger partial charge in [-0.1, -0.05) is 6.07 Å². The minimum atomic E-state index is -3.85. The van der Waals surface area contributed by atoms with Gasteiger partial charge in [0.05, 0.1) is 17.7 Å². The van der Waals surface area contributed by atoms with Gasteiger partial charge in [-0.25, -0.2) is 17.9 Å². The maximum absolute atomic E-state index is 13.2. The summed E-state index contributed by atoms with van der Waals surface area (Å²) in [5, 5.41) is 9.54. The topological polar surface area (TPSA) is 115 Å². The maximum Gasteiger partial charge on any atom is 0.319 e. The van der Waals surface area contributed by atoms with Gasteiger partial charge in [0.15, 0.2) is 0 Å². The smallest absolute Gasteiger partial charge is 0.319 e. The number of amides is 2. The van der Waals surface area contributed by atoms with Crippen molar-refractivity contribution >= 4 is 21.6 Å². The molecular formula is C23H21N5O4S. The zero-order valence-corrected chi connectivity index (χ0v) is 18.5. The van der Waals surface area contributed by atoms with Crippen molar-refractivity contribution in [3.63, 3.8) is 0 Å². The zero-order chi connectivity index (χ0) is 23.3. The van der Waals surface area contributed by atoms with Crippen LogP contribution in [0.3, 0.4) is 0 Å². The fourth-order valence-electron chi connectivity index (χ4n) is 3.15. The molecule has 0 saturated heterocycles. The van der Waals surface area contributed by atoms with Crippen molar-refractivity contribution in [1.29, 1.82) is 0 Å². The van der Waals surface area contributed by atoms with E-state index in [0.717, 1.165) is 5.56 Å². The van der Waals surface area contributed by atoms with Crippen LogP contribution in [0.1, 0.15) is 5.56 Å². The van der Waals surface area contributed by atoms with Gasteiger partial charge in [0.25, 0.3) is 0 Å². The second-order valence-electron chi connectivity index (χ2n) is 6.98. The largest absolute Gasteiger partial charge is 0.495 e. The number of sulfone groups is 1. The Morgan fingerprint density at radius 1 is 1.06 bits per heavy atom. The number of urea groups is 1. The Bertz CT molecular complexity index is 1340. The number of nitrogens with zero attached hydrogens (tertiary/aromatic N) is 3. The summed E-state index contributed by atoms with van der Waals surface area (Å²) in [6, 6.07) is 15.7. The number of hydrogen-bond donors (Lipinski definition) is 2. The summed E-state index contributed by atoms with van der Waals surface area (Å²) in [5.41, 5.74) is 1.99. The van der Waals surface area contributed by atoms with Crippen LogP contribution >= 0.6 is 0 Å². The molecule has 0 aliphatic carbocycles. The number of carbonyl (C=O) groups excluding carboxylic acids is 1. The molecule has 0 aliphatic rings. The van der Waals surface area contributed by atoms with Crippen molar-refractivity contribution in [1.82, 2.24) is 20.1 Å². The van der Waals surface area contributed by atoms with E-state index in [4.69, 9.17) is 4.74 Å². The summed E-state index contributed by atoms with van der Waals surface area (Å²) in [7, 11) is -2.43. The summed E-state index contributed by atoms with van der Waals surface area (Å²) in [6.07, 6.45) is 6.70. The standard InChI is InChI=1S/C23H21N5O4S/c1-32-21-14-19(28-13-3-12-26-28)7-10-22(21)33(30,31)20-8-5-18(6-9-20)27-23(29)25-16-17-4-2-11-24-15-17/h2-15H,16H2,1H3,(H2,25,27,29). The first-order chi connectivity index (χ1) is 16.0. The summed E-state index contributed by atoms with van der Waals surface area (Å²) < 4.78 is 33.3. The van der Waals surface area contributed by atoms with Crippen LogP contribution < -0.4 is 15.4 Å². The monoisotopic (exact) mass is 463 g/mol. The molecule has 2 N–H and O–H groups in total. The number of benzene rings is 2. The number of methoxy groups -OCH3 is 1. The zero-order valence-electron chi connectivity index (χ0n) is 17.7. The van der Waals surface area contributed by atoms with Crippen LogP contribution in [0.2, 0.25) is 0 Å². The average molecular weight is 464 g/mol. The van der Waals surface area contributed by atoms with E-state index in [1.54, 1.807) is 53.7 Å². The van der Waals surface area contributed by atoms with Crippen LogP contribution in [-0.2, 0) is 16.4 Å². The van der Waals surface area contributed by atoms with E-state index in [-0.39, 0.29) is 15.5 Å². The maximum atomic E-state index is 13.2. The number of rotatable bonds is 7. The molecule has 4 rings (SSSR count). The van der Waals surface area contributed by atoms with E-state index in [9.17, 15) is 13.2 Å². The lowest BCUT2D eigenvalue weighted by Crippen LogP contribution is -2.28. The van der Waals surface area contributed by atoms with Crippen LogP contribution in [0, 0.1) is 0 Å². The molecule has 2 amide bonds. The molecule has 2 aromatic heterocycles. The van der Waals surface area contributed by atoms with Gasteiger partial charge in [-0.3, -0.25) is 4.98 Å². The first kappa shape index (κ1) is 22.0. The number of aromatic nitrogens is 3. The Morgan fingerprint density at radius 2 is 1.88 bits per heavy atom. The van der Waals surface area contributed by atoms with Crippen LogP contribution in [-0.4, -0.2) is 36.3 Å². The fourth-order valence-corrected chi connectivity index (χ4v) is 4.55. The molecule has 0 atom stereocenters. The van der Waals surface area contributed by atoms with Crippen LogP contribution in [0.25, 0.3) is 5.69 Å². The molecule has 2 heterocycles. The van der Waals surface area contributed by atoms with E-state index >= 15 is 0 Å². The van der Waals surface area contributed by atoms with Gasteiger partial charge in [-0.15, -0.1) is 0 Å². The molecule has 0 fully saturated rings. The first-order valence-corrected chi connectivity index (χ1v) is 11.4. The normalized spacial score (nSPS) is 11.1. The Hall–Kier alpha value is -4.18. The molecule has 33 heavy (non-hydrogen) atoms. The minimum absolute atomic E-state index is 0.0378. The number of pyridine rings is 1. The molecule has 9 nitrogen and oxygen atoms in total. The molecule has 10 heteroatoms. The lowest BCUT2D eigenvalue weighted by atomic mass is 10.3. The molecule has 4 aromatic rings. The highest BCUT2D eigenvalue weighted by molar-refractivity contribution is 7.91. The number of anilines is 1. The van der Waals surface area contributed by atoms with Gasteiger partial charge in [0.1, 0.15) is 10.6 Å². The minimum Gasteiger partial charge on any atom is -0.495 e. The summed E-state index contributed by atoms with van der Waals surface area (Å²) in [6.45, 7) is 0.320. The van der Waals surface area contributed by atoms with E-state index < -0.39 is 15.9 Å². The number of hydrogen-bond acceptors (Lipinski definition) is 6. The van der Waals surface area contributed by atoms with E-state index in [1.165, 1.54) is 37.4 Å². The quantitative estimate of drug-likeness (QED) is 0.434. The van der Waals surface area contributed by atoms with Crippen molar-refractivity contribution in [3.05, 3.63) is 91.0 Å². The highest BCUT2D eigenvalue weighted by Gasteiger charge is 2.23. The van der Waals surface area contributed by atoms with Gasteiger partial charge in [-0.2, -0.15) is 5.10 Å². The molecule has 168 valence electrons. The van der Waals surface area contributed by atoms with E-state index in [1.807, 2.05) is 6.07 Å². The van der Waals surface area contributed by atoms with Gasteiger partial charge in [0.2, 0.25) is 9.84 Å². The lowest BCUT2D eigenvalue weighted by Gasteiger charge is -2.12. The van der Waals surface area contributed by atoms with E-state index in [2.05, 4.69) is 20.7 Å². The fraction of sp³-hybridized carbons (Fsp3) is 0.0870. The highest BCUT2D eigenvalue weighted by Crippen LogP contribution is 2.31. The highest BCUT2D eigenvalue weighted by atomic mass is 32.2. The van der Waals surface area contributed by atoms with Gasteiger partial charge in [0, 0.05) is 43.1 Å². The predicted octanol–water partition coefficient (Wildman–Crippen LogP) is 3.43. The molecule has 0 radical (unpaired) electrons. The Morgan fingerprint density at radius 3 is 2.55 bits per heavy atom. The predicted molar refractivity (Wildman–Crippen MR) is 122 cm³/mol. The van der Waals surface area contributed by atoms with Crippen molar-refractivity contribution < 1.29 is 17.9 Å². The molecule has 0 unspecified atom stereocenters. The van der Waals surface area contributed by atoms with Gasteiger partial charge < -0.3 is 15.4 Å². The Kier molecular flexibility index (Phi) is 6.36. The third-order valence-electron chi connectivity index (χ3n) is 4.80. The van der Waals surface area contributed by atoms with Crippen LogP contribution in [0.5, 0.6) is 5.75 Å². The third kappa shape index (κ3) is 5.01. The SMILES string of the molecule is COc1cc(-n2cccn2)ccc1S(=O)(=O)c1ccc(NC(=O)NCc2cccnc2)cc1. The summed E-state index contributed by atoms with van der Waals surface area (Å²) in [4.78, 5) is 16.2. The second-order valence-corrected chi connectivity index (χ2v) is 8.90. The molecule has 0 spiro atoms. The first-order valence-electron chi connectivity index (χ1n) is 9.94. The van der Waals surface area contributed by atoms with Crippen LogP contribution in [0.15, 0.2) is 95.2 Å². The van der Waals surface area contributed by atoms with E-state index in [0.29, 0.717) is 17.9 Å². The Balaban J connectivity index is 1.48. The van der Waals surface area contributed by atoms with Gasteiger partial charge in [-0.05, 0) is 54.1 Å². The van der Waals surface area contributed by atoms with Crippen LogP contribution in [0.4, 0.5) is 10.5 Å². The lowest BCUT2D eigenvalue weighted by molar-refractivity contribution is 0.251. The molecule has 2 aromatic carbocycles. The summed E-state index contributed by atoms with van der Waals surface area (Å²) >= 11 is 0. The Labute approximate surface area is 191 Å². The molecule has 0 aliphatic heterocycles. The van der Waals surface area contributed by atoms with Crippen molar-refractivity contribution in [2.45, 2.75) is 16.3 Å². The van der Waals surface area contributed by atoms with Crippen molar-refractivity contribution in [3.8, 4) is 11.4 Å². The summed E-state index contributed by atoms with van der Waals surface area (Å²) in [5.74, 6) is 0.208. The van der Waals surface area contributed by atoms with Crippen molar-refractivity contribution in [2.75, 3.05) is 12.4 Å². The molecule has 0 bridgehead atoms. The average Bonchev–Trinajstić information content (AvgIpc) is 3.38. The molecule has 0 saturated carbocycles. The number of carbonyl (C=O) groups is 1. The number of ether oxygens (including phenoxy) is 1.